The highest BCUT2D eigenvalue weighted by Crippen LogP contribution is 2.46. The van der Waals surface area contributed by atoms with Gasteiger partial charge in [-0.05, 0) is 29.4 Å². The first-order valence-corrected chi connectivity index (χ1v) is 9.80. The van der Waals surface area contributed by atoms with Crippen molar-refractivity contribution in [3.8, 4) is 11.3 Å². The van der Waals surface area contributed by atoms with Crippen molar-refractivity contribution in [3.05, 3.63) is 78.2 Å². The molecule has 1 heterocycles. The minimum absolute atomic E-state index is 0.676. The molecule has 1 fully saturated rings. The Balaban J connectivity index is 1.30. The van der Waals surface area contributed by atoms with E-state index in [0.29, 0.717) is 18.4 Å². The van der Waals surface area contributed by atoms with Crippen molar-refractivity contribution in [2.24, 2.45) is 10.9 Å². The molecule has 0 spiro atoms. The summed E-state index contributed by atoms with van der Waals surface area (Å²) in [5.74, 6) is 3.19. The van der Waals surface area contributed by atoms with Gasteiger partial charge in [0, 0.05) is 20.6 Å². The number of H-pyrrole nitrogens is 1. The molecule has 4 rings (SSSR count). The third-order valence-electron chi connectivity index (χ3n) is 5.35. The smallest absolute Gasteiger partial charge is 0.193 e. The summed E-state index contributed by atoms with van der Waals surface area (Å²) in [6, 6.07) is 21.0. The van der Waals surface area contributed by atoms with E-state index in [0.717, 1.165) is 29.6 Å². The van der Waals surface area contributed by atoms with Crippen LogP contribution in [0, 0.1) is 5.92 Å². The molecule has 3 aromatic rings. The van der Waals surface area contributed by atoms with Gasteiger partial charge in [0.15, 0.2) is 5.96 Å². The molecule has 0 amide bonds. The number of aromatic amines is 1. The number of aromatic nitrogens is 2. The molecule has 28 heavy (non-hydrogen) atoms. The van der Waals surface area contributed by atoms with Gasteiger partial charge in [0.05, 0.1) is 18.4 Å². The number of aliphatic imine (C=N–C) groups is 1. The summed E-state index contributed by atoms with van der Waals surface area (Å²) in [6.07, 6.45) is 3.14. The Morgan fingerprint density at radius 3 is 2.57 bits per heavy atom. The van der Waals surface area contributed by atoms with E-state index in [1.165, 1.54) is 12.0 Å². The molecule has 0 saturated heterocycles. The lowest BCUT2D eigenvalue weighted by Gasteiger charge is -2.21. The summed E-state index contributed by atoms with van der Waals surface area (Å²) in [5, 5.41) is 3.52. The van der Waals surface area contributed by atoms with Crippen LogP contribution in [0.25, 0.3) is 11.3 Å². The van der Waals surface area contributed by atoms with Crippen LogP contribution in [-0.4, -0.2) is 41.5 Å². The normalized spacial score (nSPS) is 18.7. The summed E-state index contributed by atoms with van der Waals surface area (Å²) >= 11 is 0. The van der Waals surface area contributed by atoms with Crippen LogP contribution in [0.2, 0.25) is 0 Å². The van der Waals surface area contributed by atoms with E-state index in [1.54, 1.807) is 0 Å². The standard InChI is InChI=1S/C23H27N5/c1-24-23(26-14-19-13-20(19)17-9-5-3-6-10-17)28(2)16-22-25-15-21(27-22)18-11-7-4-8-12-18/h3-12,15,19-20H,13-14,16H2,1-2H3,(H,24,26)(H,25,27). The molecular formula is C23H27N5. The van der Waals surface area contributed by atoms with E-state index >= 15 is 0 Å². The van der Waals surface area contributed by atoms with Crippen molar-refractivity contribution in [2.75, 3.05) is 20.6 Å². The fourth-order valence-electron chi connectivity index (χ4n) is 3.70. The molecular weight excluding hydrogens is 346 g/mol. The van der Waals surface area contributed by atoms with Gasteiger partial charge in [-0.3, -0.25) is 4.99 Å². The van der Waals surface area contributed by atoms with Gasteiger partial charge in [-0.15, -0.1) is 0 Å². The number of rotatable bonds is 6. The average molecular weight is 374 g/mol. The number of guanidine groups is 1. The summed E-state index contributed by atoms with van der Waals surface area (Å²) in [7, 11) is 3.87. The highest BCUT2D eigenvalue weighted by Gasteiger charge is 2.37. The Kier molecular flexibility index (Phi) is 5.42. The van der Waals surface area contributed by atoms with Crippen LogP contribution in [0.15, 0.2) is 71.9 Å². The van der Waals surface area contributed by atoms with Crippen LogP contribution < -0.4 is 5.32 Å². The minimum Gasteiger partial charge on any atom is -0.356 e. The number of imidazole rings is 1. The third-order valence-corrected chi connectivity index (χ3v) is 5.35. The molecule has 1 saturated carbocycles. The molecule has 0 bridgehead atoms. The molecule has 2 atom stereocenters. The lowest BCUT2D eigenvalue weighted by molar-refractivity contribution is 0.461. The van der Waals surface area contributed by atoms with Gasteiger partial charge in [-0.1, -0.05) is 60.7 Å². The zero-order valence-electron chi connectivity index (χ0n) is 16.5. The Hall–Kier alpha value is -3.08. The maximum Gasteiger partial charge on any atom is 0.193 e. The molecule has 1 aliphatic carbocycles. The van der Waals surface area contributed by atoms with E-state index < -0.39 is 0 Å². The van der Waals surface area contributed by atoms with Crippen molar-refractivity contribution in [1.82, 2.24) is 20.2 Å². The fraction of sp³-hybridized carbons (Fsp3) is 0.304. The topological polar surface area (TPSA) is 56.3 Å². The number of benzene rings is 2. The monoisotopic (exact) mass is 373 g/mol. The van der Waals surface area contributed by atoms with Gasteiger partial charge in [-0.2, -0.15) is 0 Å². The molecule has 2 unspecified atom stereocenters. The summed E-state index contributed by atoms with van der Waals surface area (Å²) in [4.78, 5) is 14.5. The number of nitrogens with one attached hydrogen (secondary N) is 2. The van der Waals surface area contributed by atoms with Gasteiger partial charge in [-0.25, -0.2) is 4.98 Å². The molecule has 0 aliphatic heterocycles. The van der Waals surface area contributed by atoms with E-state index in [1.807, 2.05) is 38.5 Å². The largest absolute Gasteiger partial charge is 0.356 e. The van der Waals surface area contributed by atoms with Crippen LogP contribution in [0.1, 0.15) is 23.7 Å². The Morgan fingerprint density at radius 2 is 1.86 bits per heavy atom. The third kappa shape index (κ3) is 4.25. The van der Waals surface area contributed by atoms with Crippen molar-refractivity contribution >= 4 is 5.96 Å². The first-order chi connectivity index (χ1) is 13.7. The number of hydrogen-bond donors (Lipinski definition) is 2. The van der Waals surface area contributed by atoms with Crippen molar-refractivity contribution in [3.63, 3.8) is 0 Å². The van der Waals surface area contributed by atoms with Gasteiger partial charge in [0.1, 0.15) is 5.82 Å². The Bertz CT molecular complexity index is 916. The first-order valence-electron chi connectivity index (χ1n) is 9.80. The molecule has 0 radical (unpaired) electrons. The molecule has 144 valence electrons. The lowest BCUT2D eigenvalue weighted by Crippen LogP contribution is -2.39. The zero-order valence-corrected chi connectivity index (χ0v) is 16.5. The average Bonchev–Trinajstić information content (AvgIpc) is 3.37. The Labute approximate surface area is 166 Å². The van der Waals surface area contributed by atoms with Crippen LogP contribution in [0.4, 0.5) is 0 Å². The molecule has 5 nitrogen and oxygen atoms in total. The summed E-state index contributed by atoms with van der Waals surface area (Å²) in [6.45, 7) is 1.63. The van der Waals surface area contributed by atoms with Crippen LogP contribution in [0.3, 0.4) is 0 Å². The number of nitrogens with zero attached hydrogens (tertiary/aromatic N) is 3. The predicted molar refractivity (Wildman–Crippen MR) is 114 cm³/mol. The maximum atomic E-state index is 4.53. The minimum atomic E-state index is 0.676. The molecule has 2 aromatic carbocycles. The van der Waals surface area contributed by atoms with Gasteiger partial charge < -0.3 is 15.2 Å². The number of hydrogen-bond acceptors (Lipinski definition) is 2. The van der Waals surface area contributed by atoms with E-state index in [-0.39, 0.29) is 0 Å². The van der Waals surface area contributed by atoms with Gasteiger partial charge in [0.2, 0.25) is 0 Å². The highest BCUT2D eigenvalue weighted by molar-refractivity contribution is 5.79. The lowest BCUT2D eigenvalue weighted by atomic mass is 10.1. The quantitative estimate of drug-likeness (QED) is 0.509. The van der Waals surface area contributed by atoms with Crippen LogP contribution in [0.5, 0.6) is 0 Å². The van der Waals surface area contributed by atoms with E-state index in [4.69, 9.17) is 0 Å². The van der Waals surface area contributed by atoms with E-state index in [9.17, 15) is 0 Å². The second-order valence-corrected chi connectivity index (χ2v) is 7.41. The first kappa shape index (κ1) is 18.3. The zero-order chi connectivity index (χ0) is 19.3. The Morgan fingerprint density at radius 1 is 1.14 bits per heavy atom. The SMILES string of the molecule is CN=C(NCC1CC1c1ccccc1)N(C)Cc1ncc(-c2ccccc2)[nH]1. The molecule has 2 N–H and O–H groups in total. The van der Waals surface area contributed by atoms with Crippen LogP contribution >= 0.6 is 0 Å². The molecule has 1 aromatic heterocycles. The van der Waals surface area contributed by atoms with Gasteiger partial charge in [0.25, 0.3) is 0 Å². The molecule has 5 heteroatoms. The van der Waals surface area contributed by atoms with Crippen molar-refractivity contribution < 1.29 is 0 Å². The summed E-state index contributed by atoms with van der Waals surface area (Å²) < 4.78 is 0. The van der Waals surface area contributed by atoms with Gasteiger partial charge >= 0.3 is 0 Å². The van der Waals surface area contributed by atoms with E-state index in [2.05, 4.69) is 67.6 Å². The second kappa shape index (κ2) is 8.30. The fourth-order valence-corrected chi connectivity index (χ4v) is 3.70. The second-order valence-electron chi connectivity index (χ2n) is 7.41. The van der Waals surface area contributed by atoms with Crippen molar-refractivity contribution in [2.45, 2.75) is 18.9 Å². The van der Waals surface area contributed by atoms with Crippen LogP contribution in [-0.2, 0) is 6.54 Å². The predicted octanol–water partition coefficient (Wildman–Crippen LogP) is 3.89. The highest BCUT2D eigenvalue weighted by atomic mass is 15.3. The van der Waals surface area contributed by atoms with Crippen molar-refractivity contribution in [1.29, 1.82) is 0 Å². The summed E-state index contributed by atoms with van der Waals surface area (Å²) in [5.41, 5.74) is 3.63. The maximum absolute atomic E-state index is 4.53. The molecule has 1 aliphatic rings.